The number of hydrogen-bond donors (Lipinski definition) is 2. The molecule has 1 saturated carbocycles. The van der Waals surface area contributed by atoms with Crippen LogP contribution in [0.25, 0.3) is 11.3 Å². The Hall–Kier alpha value is -2.47. The fourth-order valence-corrected chi connectivity index (χ4v) is 5.46. The zero-order chi connectivity index (χ0) is 24.3. The minimum Gasteiger partial charge on any atom is -0.434 e. The molecule has 1 amide bonds. The molecule has 0 unspecified atom stereocenters. The Morgan fingerprint density at radius 1 is 1.39 bits per heavy atom. The zero-order valence-electron chi connectivity index (χ0n) is 18.2. The average Bonchev–Trinajstić information content (AvgIpc) is 3.09. The number of hydrogen-bond acceptors (Lipinski definition) is 6. The fourth-order valence-electron chi connectivity index (χ4n) is 4.01. The van der Waals surface area contributed by atoms with Gasteiger partial charge in [0.15, 0.2) is 5.69 Å². The van der Waals surface area contributed by atoms with E-state index < -0.39 is 22.4 Å². The normalized spacial score (nSPS) is 19.0. The lowest BCUT2D eigenvalue weighted by atomic mass is 9.89. The molecule has 1 aliphatic carbocycles. The molecule has 0 aromatic carbocycles. The summed E-state index contributed by atoms with van der Waals surface area (Å²) >= 11 is 6.44. The van der Waals surface area contributed by atoms with Gasteiger partial charge in [-0.2, -0.15) is 13.9 Å². The van der Waals surface area contributed by atoms with E-state index in [-0.39, 0.29) is 45.4 Å². The number of sulfone groups is 1. The highest BCUT2D eigenvalue weighted by Gasteiger charge is 2.30. The number of carbonyl (C=O) groups excluding carboxylic acids is 1. The van der Waals surface area contributed by atoms with E-state index in [0.29, 0.717) is 37.0 Å². The van der Waals surface area contributed by atoms with Crippen LogP contribution in [0.5, 0.6) is 5.75 Å². The highest BCUT2D eigenvalue weighted by Crippen LogP contribution is 2.36. The second kappa shape index (κ2) is 10.2. The van der Waals surface area contributed by atoms with Crippen molar-refractivity contribution in [3.63, 3.8) is 0 Å². The van der Waals surface area contributed by atoms with Crippen molar-refractivity contribution in [2.24, 2.45) is 5.92 Å². The van der Waals surface area contributed by atoms with Crippen LogP contribution < -0.4 is 14.8 Å². The molecule has 0 bridgehead atoms. The van der Waals surface area contributed by atoms with Gasteiger partial charge in [0.05, 0.1) is 22.0 Å². The number of nitrogens with zero attached hydrogens (tertiary/aromatic N) is 3. The summed E-state index contributed by atoms with van der Waals surface area (Å²) in [6.07, 6.45) is 5.95. The SMILES string of the molecule is CCn1nc(C(=O)NCC2CCC(S(C)(=O)=O)CC2)c(Cl)c1-c1c[n+](O)ccc1OC(F)F. The van der Waals surface area contributed by atoms with Gasteiger partial charge in [-0.25, -0.2) is 8.42 Å². The molecule has 33 heavy (non-hydrogen) atoms. The summed E-state index contributed by atoms with van der Waals surface area (Å²) < 4.78 is 55.7. The van der Waals surface area contributed by atoms with Crippen molar-refractivity contribution < 1.29 is 36.7 Å². The first-order valence-corrected chi connectivity index (χ1v) is 12.8. The van der Waals surface area contributed by atoms with E-state index in [4.69, 9.17) is 11.6 Å². The van der Waals surface area contributed by atoms with Crippen LogP contribution in [0.15, 0.2) is 18.5 Å². The van der Waals surface area contributed by atoms with Gasteiger partial charge in [0.25, 0.3) is 5.91 Å². The van der Waals surface area contributed by atoms with Gasteiger partial charge in [-0.15, -0.1) is 0 Å². The van der Waals surface area contributed by atoms with E-state index in [1.807, 2.05) is 0 Å². The number of aromatic nitrogens is 3. The molecular formula is C20H26ClF2N4O5S+. The maximum absolute atomic E-state index is 12.9. The highest BCUT2D eigenvalue weighted by molar-refractivity contribution is 7.91. The molecule has 182 valence electrons. The quantitative estimate of drug-likeness (QED) is 0.419. The molecule has 9 nitrogen and oxygen atoms in total. The lowest BCUT2D eigenvalue weighted by Gasteiger charge is -2.27. The van der Waals surface area contributed by atoms with Gasteiger partial charge in [0.2, 0.25) is 12.4 Å². The summed E-state index contributed by atoms with van der Waals surface area (Å²) in [5.41, 5.74) is 0.101. The van der Waals surface area contributed by atoms with Crippen LogP contribution >= 0.6 is 11.6 Å². The lowest BCUT2D eigenvalue weighted by Crippen LogP contribution is -2.34. The van der Waals surface area contributed by atoms with Crippen molar-refractivity contribution in [2.75, 3.05) is 12.8 Å². The Morgan fingerprint density at radius 2 is 2.06 bits per heavy atom. The monoisotopic (exact) mass is 507 g/mol. The molecule has 0 aliphatic heterocycles. The van der Waals surface area contributed by atoms with Crippen LogP contribution in [0, 0.1) is 5.92 Å². The molecule has 0 radical (unpaired) electrons. The number of ether oxygens (including phenoxy) is 1. The minimum absolute atomic E-state index is 0.0396. The van der Waals surface area contributed by atoms with Gasteiger partial charge >= 0.3 is 6.61 Å². The number of amides is 1. The van der Waals surface area contributed by atoms with Crippen LogP contribution in [0.4, 0.5) is 8.78 Å². The van der Waals surface area contributed by atoms with E-state index in [9.17, 15) is 27.2 Å². The first-order chi connectivity index (χ1) is 15.5. The van der Waals surface area contributed by atoms with Crippen molar-refractivity contribution in [3.8, 4) is 17.0 Å². The van der Waals surface area contributed by atoms with E-state index in [2.05, 4.69) is 15.2 Å². The molecule has 0 saturated heterocycles. The summed E-state index contributed by atoms with van der Waals surface area (Å²) in [6.45, 7) is -0.762. The Morgan fingerprint density at radius 3 is 2.64 bits per heavy atom. The molecule has 2 aromatic rings. The smallest absolute Gasteiger partial charge is 0.387 e. The van der Waals surface area contributed by atoms with E-state index in [1.54, 1.807) is 6.92 Å². The maximum atomic E-state index is 12.9. The predicted molar refractivity (Wildman–Crippen MR) is 115 cm³/mol. The Balaban J connectivity index is 1.79. The van der Waals surface area contributed by atoms with E-state index in [1.165, 1.54) is 10.9 Å². The van der Waals surface area contributed by atoms with Crippen molar-refractivity contribution in [3.05, 3.63) is 29.2 Å². The third-order valence-electron chi connectivity index (χ3n) is 5.74. The first-order valence-electron chi connectivity index (χ1n) is 10.4. The van der Waals surface area contributed by atoms with Crippen molar-refractivity contribution in [2.45, 2.75) is 51.0 Å². The summed E-state index contributed by atoms with van der Waals surface area (Å²) in [6, 6.07) is 1.15. The maximum Gasteiger partial charge on any atom is 0.387 e. The van der Waals surface area contributed by atoms with Crippen molar-refractivity contribution in [1.29, 1.82) is 0 Å². The summed E-state index contributed by atoms with van der Waals surface area (Å²) in [4.78, 5) is 12.8. The molecule has 0 atom stereocenters. The topological polar surface area (TPSA) is 114 Å². The van der Waals surface area contributed by atoms with Gasteiger partial charge in [-0.1, -0.05) is 11.6 Å². The second-order valence-electron chi connectivity index (χ2n) is 7.99. The standard InChI is InChI=1S/C20H25ClF2N4O5S/c1-3-27-18(14-11-26(29)9-8-15(14)32-20(22)23)16(21)17(25-27)19(28)24-10-12-4-6-13(7-5-12)33(2,30)31/h8-9,11-13,20H,3-7,10H2,1-2H3,(H-,24,28,29)/p+1. The third-order valence-corrected chi connectivity index (χ3v) is 7.78. The third kappa shape index (κ3) is 5.91. The number of halogens is 3. The highest BCUT2D eigenvalue weighted by atomic mass is 35.5. The Kier molecular flexibility index (Phi) is 7.78. The number of carbonyl (C=O) groups is 1. The molecule has 1 aliphatic rings. The van der Waals surface area contributed by atoms with Gasteiger partial charge in [0.1, 0.15) is 21.2 Å². The molecule has 2 aromatic heterocycles. The number of pyridine rings is 1. The Bertz CT molecular complexity index is 1120. The predicted octanol–water partition coefficient (Wildman–Crippen LogP) is 2.68. The van der Waals surface area contributed by atoms with E-state index >= 15 is 0 Å². The molecule has 2 N–H and O–H groups in total. The van der Waals surface area contributed by atoms with Crippen LogP contribution in [-0.4, -0.2) is 54.0 Å². The van der Waals surface area contributed by atoms with Crippen LogP contribution in [0.3, 0.4) is 0 Å². The molecule has 13 heteroatoms. The van der Waals surface area contributed by atoms with E-state index in [0.717, 1.165) is 18.5 Å². The largest absolute Gasteiger partial charge is 0.434 e. The first kappa shape index (κ1) is 25.2. The molecular weight excluding hydrogens is 482 g/mol. The van der Waals surface area contributed by atoms with Gasteiger partial charge < -0.3 is 10.1 Å². The van der Waals surface area contributed by atoms with Crippen LogP contribution in [0.2, 0.25) is 5.02 Å². The van der Waals surface area contributed by atoms with Gasteiger partial charge in [-0.3, -0.25) is 14.7 Å². The average molecular weight is 508 g/mol. The molecule has 3 rings (SSSR count). The van der Waals surface area contributed by atoms with Crippen LogP contribution in [0.1, 0.15) is 43.1 Å². The Labute approximate surface area is 195 Å². The van der Waals surface area contributed by atoms with Gasteiger partial charge in [0, 0.05) is 24.1 Å². The molecule has 1 fully saturated rings. The zero-order valence-corrected chi connectivity index (χ0v) is 19.7. The lowest BCUT2D eigenvalue weighted by molar-refractivity contribution is -0.904. The van der Waals surface area contributed by atoms with Gasteiger partial charge in [-0.05, 0) is 38.5 Å². The fraction of sp³-hybridized carbons (Fsp3) is 0.550. The number of aryl methyl sites for hydroxylation is 1. The minimum atomic E-state index is -3.10. The summed E-state index contributed by atoms with van der Waals surface area (Å²) in [5.74, 6) is -0.642. The number of alkyl halides is 2. The summed E-state index contributed by atoms with van der Waals surface area (Å²) in [7, 11) is -3.07. The van der Waals surface area contributed by atoms with Crippen molar-refractivity contribution >= 4 is 27.3 Å². The van der Waals surface area contributed by atoms with Crippen molar-refractivity contribution in [1.82, 2.24) is 15.1 Å². The molecule has 0 spiro atoms. The number of rotatable bonds is 8. The summed E-state index contributed by atoms with van der Waals surface area (Å²) in [5, 5.41) is 16.4. The van der Waals surface area contributed by atoms with Crippen LogP contribution in [-0.2, 0) is 16.4 Å². The second-order valence-corrected chi connectivity index (χ2v) is 10.7. The molecule has 2 heterocycles. The number of nitrogens with one attached hydrogen (secondary N) is 1.